The zero-order chi connectivity index (χ0) is 22.7. The van der Waals surface area contributed by atoms with Crippen LogP contribution in [-0.2, 0) is 10.2 Å². The lowest BCUT2D eigenvalue weighted by atomic mass is 9.84. The summed E-state index contributed by atoms with van der Waals surface area (Å²) in [5, 5.41) is 4.04. The molecule has 164 valence electrons. The monoisotopic (exact) mass is 449 g/mol. The molecule has 4 aromatic rings. The molecule has 0 spiro atoms. The normalized spacial score (nSPS) is 15.8. The van der Waals surface area contributed by atoms with Crippen molar-refractivity contribution < 1.29 is 4.74 Å². The van der Waals surface area contributed by atoms with Crippen LogP contribution in [0.2, 0.25) is 0 Å². The summed E-state index contributed by atoms with van der Waals surface area (Å²) in [6.45, 7) is 5.07. The smallest absolute Gasteiger partial charge is 0.194 e. The highest BCUT2D eigenvalue weighted by molar-refractivity contribution is 7.79. The topological polar surface area (TPSA) is 21.6 Å². The fraction of sp³-hybridized carbons (Fsp3) is 0.167. The van der Waals surface area contributed by atoms with Crippen LogP contribution in [0.15, 0.2) is 120 Å². The van der Waals surface area contributed by atoms with Crippen molar-refractivity contribution in [1.29, 1.82) is 0 Å². The van der Waals surface area contributed by atoms with Gasteiger partial charge in [0.2, 0.25) is 0 Å². The second-order valence-corrected chi connectivity index (χ2v) is 11.0. The van der Waals surface area contributed by atoms with E-state index in [-0.39, 0.29) is 11.5 Å². The molecule has 0 saturated carbocycles. The van der Waals surface area contributed by atoms with Crippen molar-refractivity contribution in [1.82, 2.24) is 0 Å². The minimum absolute atomic E-state index is 0.0531. The second kappa shape index (κ2) is 9.33. The van der Waals surface area contributed by atoms with Crippen LogP contribution in [-0.4, -0.2) is 12.5 Å². The average Bonchev–Trinajstić information content (AvgIpc) is 3.38. The number of rotatable bonds is 6. The summed E-state index contributed by atoms with van der Waals surface area (Å²) in [6.07, 6.45) is 0. The highest BCUT2D eigenvalue weighted by Gasteiger charge is 2.37. The lowest BCUT2D eigenvalue weighted by Crippen LogP contribution is -2.36. The predicted molar refractivity (Wildman–Crippen MR) is 141 cm³/mol. The number of hydrogen-bond acceptors (Lipinski definition) is 2. The molecule has 5 rings (SSSR count). The number of benzene rings is 4. The molecule has 0 saturated heterocycles. The molecule has 2 nitrogen and oxygen atoms in total. The Hall–Kier alpha value is -3.22. The van der Waals surface area contributed by atoms with Gasteiger partial charge in [0.15, 0.2) is 5.90 Å². The molecule has 33 heavy (non-hydrogen) atoms. The molecule has 0 N–H and O–H groups in total. The summed E-state index contributed by atoms with van der Waals surface area (Å²) in [5.41, 5.74) is 2.13. The van der Waals surface area contributed by atoms with Gasteiger partial charge in [-0.2, -0.15) is 0 Å². The van der Waals surface area contributed by atoms with E-state index in [1.54, 1.807) is 0 Å². The Morgan fingerprint density at radius 1 is 0.697 bits per heavy atom. The molecule has 4 aromatic carbocycles. The lowest BCUT2D eigenvalue weighted by Gasteiger charge is -2.30. The summed E-state index contributed by atoms with van der Waals surface area (Å²) < 4.78 is 6.24. The molecule has 1 heterocycles. The Morgan fingerprint density at radius 2 is 1.21 bits per heavy atom. The highest BCUT2D eigenvalue weighted by Crippen LogP contribution is 2.39. The van der Waals surface area contributed by atoms with Crippen LogP contribution >= 0.6 is 7.92 Å². The van der Waals surface area contributed by atoms with Gasteiger partial charge in [0.1, 0.15) is 12.6 Å². The fourth-order valence-electron chi connectivity index (χ4n) is 4.46. The highest BCUT2D eigenvalue weighted by atomic mass is 31.1. The maximum atomic E-state index is 6.24. The summed E-state index contributed by atoms with van der Waals surface area (Å²) in [5.74, 6) is 0.819. The van der Waals surface area contributed by atoms with Crippen molar-refractivity contribution in [2.45, 2.75) is 25.3 Å². The third kappa shape index (κ3) is 4.36. The van der Waals surface area contributed by atoms with Crippen molar-refractivity contribution in [3.8, 4) is 0 Å². The van der Waals surface area contributed by atoms with E-state index in [1.165, 1.54) is 27.0 Å². The Balaban J connectivity index is 1.59. The standard InChI is InChI=1S/C30H28NOP/c1-30(2,29-31-27(22-32-29)23-14-6-3-7-15-23)26-20-12-13-21-28(26)33(24-16-8-4-9-17-24)25-18-10-5-11-19-25/h3-21,27H,22H2,1-2H3/t27-/m1/s1. The van der Waals surface area contributed by atoms with Gasteiger partial charge in [-0.3, -0.25) is 0 Å². The Kier molecular flexibility index (Phi) is 6.11. The van der Waals surface area contributed by atoms with E-state index in [0.29, 0.717) is 6.61 Å². The van der Waals surface area contributed by atoms with E-state index in [9.17, 15) is 0 Å². The zero-order valence-electron chi connectivity index (χ0n) is 19.1. The Morgan fingerprint density at radius 3 is 1.82 bits per heavy atom. The minimum atomic E-state index is -0.711. The second-order valence-electron chi connectivity index (χ2n) is 8.82. The molecule has 0 aromatic heterocycles. The largest absolute Gasteiger partial charge is 0.478 e. The summed E-state index contributed by atoms with van der Waals surface area (Å²) in [6, 6.07) is 41.0. The molecule has 0 fully saturated rings. The van der Waals surface area contributed by atoms with E-state index in [0.717, 1.165) is 5.90 Å². The first-order chi connectivity index (χ1) is 16.1. The summed E-state index contributed by atoms with van der Waals surface area (Å²) in [4.78, 5) is 5.05. The first-order valence-electron chi connectivity index (χ1n) is 11.4. The van der Waals surface area contributed by atoms with Crippen molar-refractivity contribution in [3.05, 3.63) is 126 Å². The van der Waals surface area contributed by atoms with Crippen molar-refractivity contribution in [2.75, 3.05) is 6.61 Å². The first kappa shape index (κ1) is 21.6. The number of nitrogens with zero attached hydrogens (tertiary/aromatic N) is 1. The van der Waals surface area contributed by atoms with E-state index < -0.39 is 7.92 Å². The van der Waals surface area contributed by atoms with Crippen molar-refractivity contribution >= 4 is 29.7 Å². The molecule has 3 heteroatoms. The van der Waals surface area contributed by atoms with Crippen LogP contribution in [0, 0.1) is 0 Å². The Bertz CT molecular complexity index is 1200. The molecule has 1 aliphatic heterocycles. The molecule has 1 aliphatic rings. The third-order valence-corrected chi connectivity index (χ3v) is 8.72. The number of ether oxygens (including phenoxy) is 1. The number of aliphatic imine (C=N–C) groups is 1. The summed E-state index contributed by atoms with van der Waals surface area (Å²) >= 11 is 0. The molecule has 1 atom stereocenters. The van der Waals surface area contributed by atoms with Crippen LogP contribution in [0.5, 0.6) is 0 Å². The third-order valence-electron chi connectivity index (χ3n) is 6.22. The van der Waals surface area contributed by atoms with Gasteiger partial charge in [-0.15, -0.1) is 0 Å². The SMILES string of the molecule is CC(C)(C1=N[C@@H](c2ccccc2)CO1)c1ccccc1P(c1ccccc1)c1ccccc1. The summed E-state index contributed by atoms with van der Waals surface area (Å²) in [7, 11) is -0.711. The molecule has 0 unspecified atom stereocenters. The van der Waals surface area contributed by atoms with Crippen molar-refractivity contribution in [2.24, 2.45) is 4.99 Å². The van der Waals surface area contributed by atoms with Gasteiger partial charge in [-0.25, -0.2) is 4.99 Å². The fourth-order valence-corrected chi connectivity index (χ4v) is 7.08. The van der Waals surface area contributed by atoms with Gasteiger partial charge < -0.3 is 4.74 Å². The van der Waals surface area contributed by atoms with Gasteiger partial charge in [-0.1, -0.05) is 115 Å². The molecule has 0 bridgehead atoms. The van der Waals surface area contributed by atoms with E-state index in [1.807, 2.05) is 6.07 Å². The van der Waals surface area contributed by atoms with Crippen LogP contribution in [0.25, 0.3) is 0 Å². The molecule has 0 aliphatic carbocycles. The molecule has 0 amide bonds. The van der Waals surface area contributed by atoms with Gasteiger partial charge in [0, 0.05) is 0 Å². The first-order valence-corrected chi connectivity index (χ1v) is 12.7. The van der Waals surface area contributed by atoms with Crippen LogP contribution in [0.1, 0.15) is 31.0 Å². The average molecular weight is 450 g/mol. The van der Waals surface area contributed by atoms with E-state index in [4.69, 9.17) is 9.73 Å². The van der Waals surface area contributed by atoms with Gasteiger partial charge >= 0.3 is 0 Å². The quantitative estimate of drug-likeness (QED) is 0.336. The minimum Gasteiger partial charge on any atom is -0.478 e. The maximum Gasteiger partial charge on any atom is 0.194 e. The molecule has 0 radical (unpaired) electrons. The van der Waals surface area contributed by atoms with Crippen LogP contribution in [0.4, 0.5) is 0 Å². The van der Waals surface area contributed by atoms with E-state index >= 15 is 0 Å². The van der Waals surface area contributed by atoms with Crippen LogP contribution in [0.3, 0.4) is 0 Å². The van der Waals surface area contributed by atoms with Gasteiger partial charge in [-0.05, 0) is 48.8 Å². The molecular formula is C30H28NOP. The van der Waals surface area contributed by atoms with E-state index in [2.05, 4.69) is 123 Å². The van der Waals surface area contributed by atoms with Crippen LogP contribution < -0.4 is 15.9 Å². The van der Waals surface area contributed by atoms with Gasteiger partial charge in [0.25, 0.3) is 0 Å². The van der Waals surface area contributed by atoms with Gasteiger partial charge in [0.05, 0.1) is 5.41 Å². The lowest BCUT2D eigenvalue weighted by molar-refractivity contribution is 0.296. The van der Waals surface area contributed by atoms with Crippen molar-refractivity contribution in [3.63, 3.8) is 0 Å². The zero-order valence-corrected chi connectivity index (χ0v) is 20.0. The number of hydrogen-bond donors (Lipinski definition) is 0. The Labute approximate surface area is 197 Å². The molecular weight excluding hydrogens is 421 g/mol. The predicted octanol–water partition coefficient (Wildman–Crippen LogP) is 5.89. The maximum absolute atomic E-state index is 6.24.